The van der Waals surface area contributed by atoms with Gasteiger partial charge in [0.2, 0.25) is 5.91 Å². The molecule has 1 unspecified atom stereocenters. The van der Waals surface area contributed by atoms with E-state index >= 15 is 0 Å². The van der Waals surface area contributed by atoms with Crippen molar-refractivity contribution in [3.05, 3.63) is 52.1 Å². The minimum absolute atomic E-state index is 0.292. The number of rotatable bonds is 6. The zero-order valence-corrected chi connectivity index (χ0v) is 15.9. The van der Waals surface area contributed by atoms with Crippen LogP contribution in [0.4, 0.5) is 0 Å². The second kappa shape index (κ2) is 7.71. The monoisotopic (exact) mass is 369 g/mol. The molecule has 2 heterocycles. The Morgan fingerprint density at radius 1 is 1.22 bits per heavy atom. The Kier molecular flexibility index (Phi) is 5.36. The van der Waals surface area contributed by atoms with Crippen LogP contribution < -0.4 is 10.9 Å². The van der Waals surface area contributed by atoms with Crippen molar-refractivity contribution in [3.8, 4) is 5.69 Å². The average Bonchev–Trinajstić information content (AvgIpc) is 3.03. The zero-order chi connectivity index (χ0) is 19.6. The Hall–Kier alpha value is -3.00. The van der Waals surface area contributed by atoms with Crippen molar-refractivity contribution >= 4 is 16.8 Å². The Balaban J connectivity index is 2.06. The molecular formula is C19H23N5O3. The molecule has 1 amide bonds. The van der Waals surface area contributed by atoms with Crippen LogP contribution >= 0.6 is 0 Å². The van der Waals surface area contributed by atoms with Gasteiger partial charge < -0.3 is 10.1 Å². The van der Waals surface area contributed by atoms with Gasteiger partial charge in [0.05, 0.1) is 29.1 Å². The lowest BCUT2D eigenvalue weighted by atomic mass is 10.2. The van der Waals surface area contributed by atoms with E-state index in [4.69, 9.17) is 4.74 Å². The molecule has 0 saturated carbocycles. The van der Waals surface area contributed by atoms with E-state index in [0.717, 1.165) is 11.4 Å². The molecule has 1 aromatic carbocycles. The van der Waals surface area contributed by atoms with Gasteiger partial charge in [0.1, 0.15) is 6.04 Å². The highest BCUT2D eigenvalue weighted by Crippen LogP contribution is 2.21. The van der Waals surface area contributed by atoms with Gasteiger partial charge in [0, 0.05) is 13.7 Å². The van der Waals surface area contributed by atoms with Crippen LogP contribution in [0.25, 0.3) is 16.6 Å². The molecule has 0 spiro atoms. The van der Waals surface area contributed by atoms with Crippen molar-refractivity contribution in [1.82, 2.24) is 24.9 Å². The van der Waals surface area contributed by atoms with E-state index in [9.17, 15) is 9.59 Å². The van der Waals surface area contributed by atoms with Crippen LogP contribution in [0.3, 0.4) is 0 Å². The van der Waals surface area contributed by atoms with Crippen LogP contribution in [-0.2, 0) is 9.53 Å². The minimum Gasteiger partial charge on any atom is -0.383 e. The lowest BCUT2D eigenvalue weighted by molar-refractivity contribution is -0.124. The molecule has 2 aromatic heterocycles. The van der Waals surface area contributed by atoms with Crippen molar-refractivity contribution in [2.24, 2.45) is 0 Å². The highest BCUT2D eigenvalue weighted by Gasteiger charge is 2.22. The van der Waals surface area contributed by atoms with E-state index in [1.807, 2.05) is 44.2 Å². The third kappa shape index (κ3) is 3.48. The maximum absolute atomic E-state index is 13.0. The summed E-state index contributed by atoms with van der Waals surface area (Å²) < 4.78 is 7.85. The fourth-order valence-electron chi connectivity index (χ4n) is 3.07. The Morgan fingerprint density at radius 3 is 2.59 bits per heavy atom. The number of aromatic nitrogens is 4. The topological polar surface area (TPSA) is 91.0 Å². The molecule has 8 nitrogen and oxygen atoms in total. The van der Waals surface area contributed by atoms with Gasteiger partial charge in [-0.25, -0.2) is 9.36 Å². The predicted octanol–water partition coefficient (Wildman–Crippen LogP) is 1.52. The number of para-hydroxylation sites is 1. The van der Waals surface area contributed by atoms with Crippen molar-refractivity contribution < 1.29 is 9.53 Å². The van der Waals surface area contributed by atoms with Crippen molar-refractivity contribution in [1.29, 1.82) is 0 Å². The molecule has 8 heteroatoms. The summed E-state index contributed by atoms with van der Waals surface area (Å²) in [7, 11) is 1.56. The smallest absolute Gasteiger partial charge is 0.295 e. The van der Waals surface area contributed by atoms with Gasteiger partial charge in [0.25, 0.3) is 5.56 Å². The zero-order valence-electron chi connectivity index (χ0n) is 15.9. The molecule has 0 bridgehead atoms. The van der Waals surface area contributed by atoms with Gasteiger partial charge in [-0.2, -0.15) is 10.2 Å². The van der Waals surface area contributed by atoms with E-state index in [-0.39, 0.29) is 11.5 Å². The first-order valence-electron chi connectivity index (χ1n) is 8.76. The number of carbonyl (C=O) groups is 1. The lowest BCUT2D eigenvalue weighted by Gasteiger charge is -2.14. The summed E-state index contributed by atoms with van der Waals surface area (Å²) in [6, 6.07) is 8.84. The summed E-state index contributed by atoms with van der Waals surface area (Å²) in [6.45, 7) is 6.14. The number of fused-ring (bicyclic) bond motifs is 1. The number of amides is 1. The Bertz CT molecular complexity index is 1020. The fourth-order valence-corrected chi connectivity index (χ4v) is 3.07. The summed E-state index contributed by atoms with van der Waals surface area (Å²) in [4.78, 5) is 25.3. The summed E-state index contributed by atoms with van der Waals surface area (Å²) in [5.41, 5.74) is 2.27. The number of methoxy groups -OCH3 is 1. The number of hydrogen-bond acceptors (Lipinski definition) is 5. The molecule has 0 radical (unpaired) electrons. The van der Waals surface area contributed by atoms with Crippen LogP contribution in [0.2, 0.25) is 0 Å². The number of hydrogen-bond donors (Lipinski definition) is 1. The average molecular weight is 369 g/mol. The quantitative estimate of drug-likeness (QED) is 0.665. The van der Waals surface area contributed by atoms with Gasteiger partial charge in [-0.3, -0.25) is 9.59 Å². The van der Waals surface area contributed by atoms with Gasteiger partial charge in [-0.1, -0.05) is 18.2 Å². The number of nitrogens with one attached hydrogen (secondary N) is 1. The molecule has 0 aliphatic heterocycles. The van der Waals surface area contributed by atoms with Crippen LogP contribution in [0, 0.1) is 13.8 Å². The molecule has 3 aromatic rings. The number of benzene rings is 1. The van der Waals surface area contributed by atoms with E-state index < -0.39 is 6.04 Å². The molecule has 3 rings (SSSR count). The first-order chi connectivity index (χ1) is 13.0. The van der Waals surface area contributed by atoms with Crippen molar-refractivity contribution in [2.75, 3.05) is 20.3 Å². The van der Waals surface area contributed by atoms with Crippen molar-refractivity contribution in [2.45, 2.75) is 26.8 Å². The normalized spacial score (nSPS) is 12.3. The SMILES string of the molecule is COCCNC(=O)C(C)n1nc(C)c2c(C)n(-c3ccccc3)nc2c1=O. The molecular weight excluding hydrogens is 346 g/mol. The fraction of sp³-hybridized carbons (Fsp3) is 0.368. The predicted molar refractivity (Wildman–Crippen MR) is 102 cm³/mol. The summed E-state index contributed by atoms with van der Waals surface area (Å²) in [5, 5.41) is 12.3. The number of carbonyl (C=O) groups excluding carboxylic acids is 1. The van der Waals surface area contributed by atoms with Crippen molar-refractivity contribution in [3.63, 3.8) is 0 Å². The number of nitrogens with zero attached hydrogens (tertiary/aromatic N) is 4. The lowest BCUT2D eigenvalue weighted by Crippen LogP contribution is -2.38. The second-order valence-corrected chi connectivity index (χ2v) is 6.35. The number of ether oxygens (including phenoxy) is 1. The molecule has 0 aliphatic rings. The molecule has 1 atom stereocenters. The molecule has 27 heavy (non-hydrogen) atoms. The largest absolute Gasteiger partial charge is 0.383 e. The maximum atomic E-state index is 13.0. The van der Waals surface area contributed by atoms with Gasteiger partial charge >= 0.3 is 0 Å². The Labute approximate surface area is 156 Å². The molecule has 1 N–H and O–H groups in total. The van der Waals surface area contributed by atoms with E-state index in [0.29, 0.717) is 29.7 Å². The minimum atomic E-state index is -0.750. The van der Waals surface area contributed by atoms with Crippen LogP contribution in [0.15, 0.2) is 35.1 Å². The van der Waals surface area contributed by atoms with E-state index in [1.165, 1.54) is 4.68 Å². The third-order valence-electron chi connectivity index (χ3n) is 4.50. The second-order valence-electron chi connectivity index (χ2n) is 6.35. The van der Waals surface area contributed by atoms with E-state index in [1.54, 1.807) is 18.7 Å². The molecule has 0 saturated heterocycles. The van der Waals surface area contributed by atoms with E-state index in [2.05, 4.69) is 15.5 Å². The van der Waals surface area contributed by atoms with Crippen LogP contribution in [-0.4, -0.2) is 45.7 Å². The van der Waals surface area contributed by atoms with Gasteiger partial charge in [0.15, 0.2) is 5.52 Å². The third-order valence-corrected chi connectivity index (χ3v) is 4.50. The van der Waals surface area contributed by atoms with Gasteiger partial charge in [-0.05, 0) is 32.9 Å². The van der Waals surface area contributed by atoms with Crippen LogP contribution in [0.1, 0.15) is 24.4 Å². The summed E-state index contributed by atoms with van der Waals surface area (Å²) in [6.07, 6.45) is 0. The number of aryl methyl sites for hydroxylation is 2. The highest BCUT2D eigenvalue weighted by atomic mass is 16.5. The highest BCUT2D eigenvalue weighted by molar-refractivity contribution is 5.84. The molecule has 0 fully saturated rings. The first-order valence-corrected chi connectivity index (χ1v) is 8.76. The molecule has 142 valence electrons. The Morgan fingerprint density at radius 2 is 1.93 bits per heavy atom. The summed E-state index contributed by atoms with van der Waals surface area (Å²) >= 11 is 0. The first kappa shape index (κ1) is 18.8. The summed E-state index contributed by atoms with van der Waals surface area (Å²) in [5.74, 6) is -0.292. The standard InChI is InChI=1S/C19H23N5O3/c1-12-16-13(2)23(15-8-6-5-7-9-15)22-17(16)19(26)24(21-12)14(3)18(25)20-10-11-27-4/h5-9,14H,10-11H2,1-4H3,(H,20,25). The molecule has 0 aliphatic carbocycles. The maximum Gasteiger partial charge on any atom is 0.295 e. The van der Waals surface area contributed by atoms with Gasteiger partial charge in [-0.15, -0.1) is 0 Å². The van der Waals surface area contributed by atoms with Crippen LogP contribution in [0.5, 0.6) is 0 Å².